The summed E-state index contributed by atoms with van der Waals surface area (Å²) in [6.07, 6.45) is 5.71. The van der Waals surface area contributed by atoms with E-state index in [0.29, 0.717) is 40.0 Å². The molecule has 2 heterocycles. The Kier molecular flexibility index (Phi) is 5.98. The first kappa shape index (κ1) is 20.3. The smallest absolute Gasteiger partial charge is 0.326 e. The second kappa shape index (κ2) is 8.83. The SMILES string of the molecule is COc1ccc(CNc2nc(C3CCCCC3)nc3sc([N+](=O)[O-])cc23)cc1OC. The highest BCUT2D eigenvalue weighted by atomic mass is 32.1. The number of methoxy groups -OCH3 is 2. The van der Waals surface area contributed by atoms with Gasteiger partial charge >= 0.3 is 5.00 Å². The maximum Gasteiger partial charge on any atom is 0.326 e. The number of thiophene rings is 1. The molecule has 1 aliphatic carbocycles. The number of rotatable bonds is 7. The molecule has 1 fully saturated rings. The molecular formula is C21H24N4O4S. The average molecular weight is 429 g/mol. The highest BCUT2D eigenvalue weighted by Gasteiger charge is 2.23. The zero-order chi connectivity index (χ0) is 21.1. The highest BCUT2D eigenvalue weighted by molar-refractivity contribution is 7.21. The fourth-order valence-corrected chi connectivity index (χ4v) is 4.72. The number of benzene rings is 1. The second-order valence-electron chi connectivity index (χ2n) is 7.37. The molecule has 3 aromatic rings. The minimum Gasteiger partial charge on any atom is -0.493 e. The van der Waals surface area contributed by atoms with Crippen LogP contribution in [0, 0.1) is 10.1 Å². The second-order valence-corrected chi connectivity index (χ2v) is 8.38. The standard InChI is InChI=1S/C21H24N4O4S/c1-28-16-9-8-13(10-17(16)29-2)12-22-20-15-11-18(25(26)27)30-21(15)24-19(23-20)14-6-4-3-5-7-14/h8-11,14H,3-7,12H2,1-2H3,(H,22,23,24). The first-order valence-electron chi connectivity index (χ1n) is 9.99. The van der Waals surface area contributed by atoms with Gasteiger partial charge < -0.3 is 14.8 Å². The maximum atomic E-state index is 11.3. The lowest BCUT2D eigenvalue weighted by atomic mass is 9.89. The number of nitrogens with one attached hydrogen (secondary N) is 1. The molecule has 0 amide bonds. The molecular weight excluding hydrogens is 404 g/mol. The first-order valence-corrected chi connectivity index (χ1v) is 10.8. The Morgan fingerprint density at radius 3 is 2.60 bits per heavy atom. The molecule has 1 aromatic carbocycles. The van der Waals surface area contributed by atoms with E-state index in [4.69, 9.17) is 19.4 Å². The third kappa shape index (κ3) is 4.16. The van der Waals surface area contributed by atoms with Crippen molar-refractivity contribution in [3.05, 3.63) is 45.8 Å². The molecule has 4 rings (SSSR count). The fraction of sp³-hybridized carbons (Fsp3) is 0.429. The predicted molar refractivity (Wildman–Crippen MR) is 117 cm³/mol. The van der Waals surface area contributed by atoms with E-state index in [1.54, 1.807) is 20.3 Å². The maximum absolute atomic E-state index is 11.3. The molecule has 8 nitrogen and oxygen atoms in total. The van der Waals surface area contributed by atoms with Gasteiger partial charge in [0.05, 0.1) is 24.5 Å². The largest absolute Gasteiger partial charge is 0.493 e. The van der Waals surface area contributed by atoms with Crippen molar-refractivity contribution in [1.29, 1.82) is 0 Å². The van der Waals surface area contributed by atoms with Crippen molar-refractivity contribution in [1.82, 2.24) is 9.97 Å². The topological polar surface area (TPSA) is 99.4 Å². The molecule has 1 saturated carbocycles. The van der Waals surface area contributed by atoms with Crippen LogP contribution in [-0.4, -0.2) is 29.1 Å². The van der Waals surface area contributed by atoms with E-state index in [1.165, 1.54) is 19.3 Å². The van der Waals surface area contributed by atoms with Gasteiger partial charge in [0.25, 0.3) is 0 Å². The van der Waals surface area contributed by atoms with Crippen molar-refractivity contribution in [2.24, 2.45) is 0 Å². The average Bonchev–Trinajstić information content (AvgIpc) is 3.22. The van der Waals surface area contributed by atoms with Crippen molar-refractivity contribution in [3.8, 4) is 11.5 Å². The number of nitrogens with zero attached hydrogens (tertiary/aromatic N) is 3. The Bertz CT molecular complexity index is 1060. The van der Waals surface area contributed by atoms with Gasteiger partial charge in [0.1, 0.15) is 16.5 Å². The molecule has 1 N–H and O–H groups in total. The number of fused-ring (bicyclic) bond motifs is 1. The first-order chi connectivity index (χ1) is 14.6. The Hall–Kier alpha value is -2.94. The van der Waals surface area contributed by atoms with Gasteiger partial charge in [0.2, 0.25) is 0 Å². The van der Waals surface area contributed by atoms with Crippen LogP contribution in [0.3, 0.4) is 0 Å². The van der Waals surface area contributed by atoms with Crippen LogP contribution in [0.1, 0.15) is 49.4 Å². The molecule has 0 radical (unpaired) electrons. The van der Waals surface area contributed by atoms with E-state index >= 15 is 0 Å². The normalized spacial score (nSPS) is 14.6. The molecule has 0 unspecified atom stereocenters. The van der Waals surface area contributed by atoms with Crippen molar-refractivity contribution in [2.75, 3.05) is 19.5 Å². The summed E-state index contributed by atoms with van der Waals surface area (Å²) >= 11 is 1.10. The van der Waals surface area contributed by atoms with Crippen LogP contribution in [0.25, 0.3) is 10.2 Å². The van der Waals surface area contributed by atoms with Gasteiger partial charge in [0.15, 0.2) is 11.5 Å². The quantitative estimate of drug-likeness (QED) is 0.404. The third-order valence-corrected chi connectivity index (χ3v) is 6.44. The van der Waals surface area contributed by atoms with E-state index in [9.17, 15) is 10.1 Å². The van der Waals surface area contributed by atoms with E-state index in [1.807, 2.05) is 18.2 Å². The third-order valence-electron chi connectivity index (χ3n) is 5.46. The van der Waals surface area contributed by atoms with Gasteiger partial charge in [0, 0.05) is 18.5 Å². The van der Waals surface area contributed by atoms with Crippen LogP contribution < -0.4 is 14.8 Å². The number of ether oxygens (including phenoxy) is 2. The zero-order valence-corrected chi connectivity index (χ0v) is 17.8. The summed E-state index contributed by atoms with van der Waals surface area (Å²) in [6, 6.07) is 7.27. The van der Waals surface area contributed by atoms with Gasteiger partial charge in [-0.1, -0.05) is 25.3 Å². The minimum atomic E-state index is -0.370. The molecule has 158 valence electrons. The van der Waals surface area contributed by atoms with Gasteiger partial charge in [-0.3, -0.25) is 10.1 Å². The summed E-state index contributed by atoms with van der Waals surface area (Å²) in [4.78, 5) is 21.1. The van der Waals surface area contributed by atoms with E-state index < -0.39 is 0 Å². The van der Waals surface area contributed by atoms with Crippen LogP contribution in [0.2, 0.25) is 0 Å². The monoisotopic (exact) mass is 428 g/mol. The molecule has 30 heavy (non-hydrogen) atoms. The molecule has 0 bridgehead atoms. The Labute approximate surface area is 178 Å². The lowest BCUT2D eigenvalue weighted by Crippen LogP contribution is -2.11. The van der Waals surface area contributed by atoms with Gasteiger partial charge in [-0.15, -0.1) is 0 Å². The molecule has 0 saturated heterocycles. The Morgan fingerprint density at radius 2 is 1.90 bits per heavy atom. The highest BCUT2D eigenvalue weighted by Crippen LogP contribution is 2.38. The Morgan fingerprint density at radius 1 is 1.13 bits per heavy atom. The van der Waals surface area contributed by atoms with E-state index in [-0.39, 0.29) is 9.92 Å². The van der Waals surface area contributed by atoms with Crippen molar-refractivity contribution in [2.45, 2.75) is 44.6 Å². The van der Waals surface area contributed by atoms with Gasteiger partial charge in [-0.05, 0) is 41.9 Å². The van der Waals surface area contributed by atoms with Crippen LogP contribution in [0.5, 0.6) is 11.5 Å². The number of hydrogen-bond donors (Lipinski definition) is 1. The minimum absolute atomic E-state index is 0.0780. The van der Waals surface area contributed by atoms with E-state index in [0.717, 1.165) is 35.6 Å². The summed E-state index contributed by atoms with van der Waals surface area (Å²) in [6.45, 7) is 0.500. The lowest BCUT2D eigenvalue weighted by Gasteiger charge is -2.21. The molecule has 1 aliphatic rings. The molecule has 0 aliphatic heterocycles. The number of aromatic nitrogens is 2. The molecule has 0 atom stereocenters. The summed E-state index contributed by atoms with van der Waals surface area (Å²) < 4.78 is 10.7. The number of hydrogen-bond acceptors (Lipinski definition) is 8. The van der Waals surface area contributed by atoms with Gasteiger partial charge in [-0.25, -0.2) is 9.97 Å². The van der Waals surface area contributed by atoms with Gasteiger partial charge in [-0.2, -0.15) is 0 Å². The van der Waals surface area contributed by atoms with Crippen LogP contribution in [-0.2, 0) is 6.54 Å². The number of nitro groups is 1. The lowest BCUT2D eigenvalue weighted by molar-refractivity contribution is -0.380. The van der Waals surface area contributed by atoms with Crippen LogP contribution in [0.15, 0.2) is 24.3 Å². The summed E-state index contributed by atoms with van der Waals surface area (Å²) in [5, 5.41) is 15.4. The molecule has 9 heteroatoms. The summed E-state index contributed by atoms with van der Waals surface area (Å²) in [5.74, 6) is 3.05. The van der Waals surface area contributed by atoms with E-state index in [2.05, 4.69) is 5.32 Å². The fourth-order valence-electron chi connectivity index (χ4n) is 3.87. The summed E-state index contributed by atoms with van der Waals surface area (Å²) in [7, 11) is 3.20. The van der Waals surface area contributed by atoms with Crippen molar-refractivity contribution >= 4 is 32.4 Å². The number of anilines is 1. The molecule has 2 aromatic heterocycles. The van der Waals surface area contributed by atoms with Crippen LogP contribution >= 0.6 is 11.3 Å². The van der Waals surface area contributed by atoms with Crippen LogP contribution in [0.4, 0.5) is 10.8 Å². The summed E-state index contributed by atoms with van der Waals surface area (Å²) in [5.41, 5.74) is 0.989. The van der Waals surface area contributed by atoms with Crippen molar-refractivity contribution < 1.29 is 14.4 Å². The zero-order valence-electron chi connectivity index (χ0n) is 17.0. The Balaban J connectivity index is 1.66. The van der Waals surface area contributed by atoms with Crippen molar-refractivity contribution in [3.63, 3.8) is 0 Å². The molecule has 0 spiro atoms. The predicted octanol–water partition coefficient (Wildman–Crippen LogP) is 5.28.